The summed E-state index contributed by atoms with van der Waals surface area (Å²) in [6.07, 6.45) is -2.10. The maximum Gasteiger partial charge on any atom is 0.416 e. The average molecular weight is 494 g/mol. The van der Waals surface area contributed by atoms with E-state index in [9.17, 15) is 26.4 Å². The molecule has 0 N–H and O–H groups in total. The van der Waals surface area contributed by atoms with Crippen molar-refractivity contribution in [3.05, 3.63) is 81.9 Å². The number of benzene rings is 2. The monoisotopic (exact) mass is 493 g/mol. The van der Waals surface area contributed by atoms with Gasteiger partial charge in [-0.05, 0) is 35.9 Å². The Morgan fingerprint density at radius 1 is 1.00 bits per heavy atom. The number of halogens is 4. The normalized spacial score (nSPS) is 12.3. The Morgan fingerprint density at radius 3 is 2.33 bits per heavy atom. The number of rotatable bonds is 4. The number of pyridine rings is 1. The van der Waals surface area contributed by atoms with Crippen molar-refractivity contribution in [2.45, 2.75) is 18.0 Å². The average Bonchev–Trinajstić information content (AvgIpc) is 2.79. The highest BCUT2D eigenvalue weighted by Gasteiger charge is 2.31. The summed E-state index contributed by atoms with van der Waals surface area (Å²) >= 11 is 5.91. The van der Waals surface area contributed by atoms with Crippen LogP contribution in [0.25, 0.3) is 27.7 Å². The first kappa shape index (κ1) is 22.9. The molecule has 4 aromatic rings. The highest BCUT2D eigenvalue weighted by Crippen LogP contribution is 2.31. The first-order valence-electron chi connectivity index (χ1n) is 9.59. The number of alkyl halides is 3. The fourth-order valence-corrected chi connectivity index (χ4v) is 4.41. The van der Waals surface area contributed by atoms with Crippen LogP contribution < -0.4 is 5.56 Å². The minimum atomic E-state index is -4.65. The fraction of sp³-hybridized carbons (Fsp3) is 0.136. The van der Waals surface area contributed by atoms with E-state index in [0.29, 0.717) is 26.9 Å². The van der Waals surface area contributed by atoms with Crippen molar-refractivity contribution in [2.24, 2.45) is 0 Å². The lowest BCUT2D eigenvalue weighted by Crippen LogP contribution is -2.25. The van der Waals surface area contributed by atoms with Crippen molar-refractivity contribution < 1.29 is 21.6 Å². The van der Waals surface area contributed by atoms with Crippen LogP contribution in [0.1, 0.15) is 12.5 Å². The van der Waals surface area contributed by atoms with Crippen molar-refractivity contribution in [1.82, 2.24) is 14.8 Å². The van der Waals surface area contributed by atoms with Gasteiger partial charge in [0.1, 0.15) is 4.90 Å². The van der Waals surface area contributed by atoms with Gasteiger partial charge in [0.25, 0.3) is 5.56 Å². The zero-order chi connectivity index (χ0) is 24.0. The van der Waals surface area contributed by atoms with Gasteiger partial charge in [0.15, 0.2) is 15.7 Å². The lowest BCUT2D eigenvalue weighted by Gasteiger charge is -2.13. The zero-order valence-corrected chi connectivity index (χ0v) is 18.5. The molecule has 0 aliphatic rings. The summed E-state index contributed by atoms with van der Waals surface area (Å²) in [7, 11) is -3.89. The summed E-state index contributed by atoms with van der Waals surface area (Å²) in [5.41, 5.74) is -0.828. The second kappa shape index (κ2) is 8.27. The van der Waals surface area contributed by atoms with Crippen LogP contribution in [0.4, 0.5) is 13.2 Å². The third kappa shape index (κ3) is 4.36. The summed E-state index contributed by atoms with van der Waals surface area (Å²) in [5, 5.41) is 4.39. The van der Waals surface area contributed by atoms with Gasteiger partial charge in [-0.2, -0.15) is 23.0 Å². The zero-order valence-electron chi connectivity index (χ0n) is 17.0. The lowest BCUT2D eigenvalue weighted by molar-refractivity contribution is -0.137. The summed E-state index contributed by atoms with van der Waals surface area (Å²) in [5.74, 6) is -0.578. The van der Waals surface area contributed by atoms with Crippen molar-refractivity contribution in [2.75, 3.05) is 5.75 Å². The quantitative estimate of drug-likeness (QED) is 0.403. The summed E-state index contributed by atoms with van der Waals surface area (Å²) in [6.45, 7) is 1.43. The van der Waals surface area contributed by atoms with Crippen LogP contribution in [0.3, 0.4) is 0 Å². The number of hydrogen-bond acceptors (Lipinski definition) is 5. The molecule has 2 aromatic heterocycles. The second-order valence-corrected chi connectivity index (χ2v) is 9.80. The topological polar surface area (TPSA) is 81.9 Å². The van der Waals surface area contributed by atoms with Gasteiger partial charge in [0, 0.05) is 22.2 Å². The van der Waals surface area contributed by atoms with Gasteiger partial charge in [-0.3, -0.25) is 4.79 Å². The van der Waals surface area contributed by atoms with Gasteiger partial charge in [-0.25, -0.2) is 13.4 Å². The molecule has 11 heteroatoms. The van der Waals surface area contributed by atoms with Crippen molar-refractivity contribution in [1.29, 1.82) is 0 Å². The van der Waals surface area contributed by atoms with Crippen LogP contribution >= 0.6 is 11.6 Å². The van der Waals surface area contributed by atoms with Crippen LogP contribution in [0.2, 0.25) is 5.02 Å². The smallest absolute Gasteiger partial charge is 0.267 e. The molecule has 0 spiro atoms. The molecule has 0 amide bonds. The van der Waals surface area contributed by atoms with Crippen molar-refractivity contribution in [3.63, 3.8) is 0 Å². The Hall–Kier alpha value is -3.24. The third-order valence-electron chi connectivity index (χ3n) is 5.04. The minimum Gasteiger partial charge on any atom is -0.267 e. The minimum absolute atomic E-state index is 0.182. The van der Waals surface area contributed by atoms with Crippen LogP contribution in [-0.4, -0.2) is 28.9 Å². The number of hydrogen-bond donors (Lipinski definition) is 0. The van der Waals surface area contributed by atoms with Gasteiger partial charge >= 0.3 is 6.18 Å². The molecule has 33 heavy (non-hydrogen) atoms. The predicted molar refractivity (Wildman–Crippen MR) is 118 cm³/mol. The largest absolute Gasteiger partial charge is 0.416 e. The molecule has 0 fully saturated rings. The molecule has 2 aromatic carbocycles. The maximum atomic E-state index is 13.1. The van der Waals surface area contributed by atoms with Gasteiger partial charge in [-0.15, -0.1) is 0 Å². The van der Waals surface area contributed by atoms with Gasteiger partial charge in [0.2, 0.25) is 0 Å². The standard InChI is InChI=1S/C22H15ClF3N3O3S/c1-2-33(31,32)19-9-15(13-4-7-17(23)8-5-13)11-27-20(19)29-21(30)18-10-16(22(24,25)26)6-3-14(18)12-28-29/h3-12H,2H2,1H3. The van der Waals surface area contributed by atoms with Crippen LogP contribution in [-0.2, 0) is 16.0 Å². The molecular weight excluding hydrogens is 479 g/mol. The molecule has 0 aliphatic heterocycles. The molecule has 2 heterocycles. The van der Waals surface area contributed by atoms with E-state index in [1.807, 2.05) is 0 Å². The third-order valence-corrected chi connectivity index (χ3v) is 7.02. The van der Waals surface area contributed by atoms with Crippen LogP contribution in [0, 0.1) is 0 Å². The number of nitrogens with zero attached hydrogens (tertiary/aromatic N) is 3. The van der Waals surface area contributed by atoms with E-state index in [1.165, 1.54) is 25.4 Å². The van der Waals surface area contributed by atoms with E-state index in [-0.39, 0.29) is 27.2 Å². The van der Waals surface area contributed by atoms with Crippen molar-refractivity contribution >= 4 is 32.2 Å². The lowest BCUT2D eigenvalue weighted by atomic mass is 10.1. The molecule has 0 aliphatic carbocycles. The van der Waals surface area contributed by atoms with E-state index >= 15 is 0 Å². The number of aromatic nitrogens is 3. The molecule has 4 rings (SSSR count). The predicted octanol–water partition coefficient (Wildman–Crippen LogP) is 4.91. The molecule has 170 valence electrons. The van der Waals surface area contributed by atoms with Gasteiger partial charge in [-0.1, -0.05) is 36.7 Å². The summed E-state index contributed by atoms with van der Waals surface area (Å²) < 4.78 is 65.8. The Morgan fingerprint density at radius 2 is 1.70 bits per heavy atom. The summed E-state index contributed by atoms with van der Waals surface area (Å²) in [4.78, 5) is 17.0. The highest BCUT2D eigenvalue weighted by molar-refractivity contribution is 7.91. The van der Waals surface area contributed by atoms with E-state index in [1.54, 1.807) is 24.3 Å². The number of sulfone groups is 1. The first-order valence-corrected chi connectivity index (χ1v) is 11.6. The van der Waals surface area contributed by atoms with E-state index in [2.05, 4.69) is 10.1 Å². The molecule has 6 nitrogen and oxygen atoms in total. The fourth-order valence-electron chi connectivity index (χ4n) is 3.25. The number of fused-ring (bicyclic) bond motifs is 1. The van der Waals surface area contributed by atoms with Crippen molar-refractivity contribution in [3.8, 4) is 16.9 Å². The van der Waals surface area contributed by atoms with E-state index in [4.69, 9.17) is 11.6 Å². The Bertz CT molecular complexity index is 1530. The Labute approximate surface area is 191 Å². The van der Waals surface area contributed by atoms with Gasteiger partial charge in [0.05, 0.1) is 22.9 Å². The first-order chi connectivity index (χ1) is 15.5. The molecule has 0 saturated carbocycles. The van der Waals surface area contributed by atoms with E-state index in [0.717, 1.165) is 12.1 Å². The SMILES string of the molecule is CCS(=O)(=O)c1cc(-c2ccc(Cl)cc2)cnc1-n1ncc2ccc(C(F)(F)F)cc2c1=O. The summed E-state index contributed by atoms with van der Waals surface area (Å²) in [6, 6.07) is 10.7. The van der Waals surface area contributed by atoms with Crippen LogP contribution in [0.15, 0.2) is 70.6 Å². The maximum absolute atomic E-state index is 13.1. The Balaban J connectivity index is 1.97. The second-order valence-electron chi connectivity index (χ2n) is 7.12. The van der Waals surface area contributed by atoms with Crippen LogP contribution in [0.5, 0.6) is 0 Å². The molecule has 0 unspecified atom stereocenters. The molecule has 0 saturated heterocycles. The molecule has 0 atom stereocenters. The molecule has 0 radical (unpaired) electrons. The molecule has 0 bridgehead atoms. The highest BCUT2D eigenvalue weighted by atomic mass is 35.5. The van der Waals surface area contributed by atoms with E-state index < -0.39 is 27.1 Å². The van der Waals surface area contributed by atoms with Gasteiger partial charge < -0.3 is 0 Å². The molecular formula is C22H15ClF3N3O3S. The Kier molecular flexibility index (Phi) is 5.75.